The standard InChI is InChI=1S/C22H21NO4S2/c1-27-22(24)18-13-20(28-15-17-10-6-3-7-11-17)19(21(14-18)29(23,25)26)12-16-8-4-2-5-9-16/h2-11,13-14H,12,15H2,1H3,(H2,23,25,26). The van der Waals surface area contributed by atoms with Crippen LogP contribution in [0.2, 0.25) is 0 Å². The second-order valence-corrected chi connectivity index (χ2v) is 8.97. The Kier molecular flexibility index (Phi) is 6.74. The number of carbonyl (C=O) groups is 1. The summed E-state index contributed by atoms with van der Waals surface area (Å²) in [7, 11) is -2.79. The molecule has 0 heterocycles. The van der Waals surface area contributed by atoms with Crippen LogP contribution in [-0.4, -0.2) is 21.5 Å². The van der Waals surface area contributed by atoms with E-state index in [1.807, 2.05) is 60.7 Å². The maximum absolute atomic E-state index is 12.3. The van der Waals surface area contributed by atoms with E-state index < -0.39 is 16.0 Å². The first kappa shape index (κ1) is 21.1. The van der Waals surface area contributed by atoms with Gasteiger partial charge in [0.15, 0.2) is 0 Å². The predicted octanol–water partition coefficient (Wildman–Crippen LogP) is 4.00. The van der Waals surface area contributed by atoms with Crippen LogP contribution in [0.1, 0.15) is 27.0 Å². The smallest absolute Gasteiger partial charge is 0.337 e. The van der Waals surface area contributed by atoms with E-state index in [2.05, 4.69) is 0 Å². The third-order valence-corrected chi connectivity index (χ3v) is 6.49. The molecule has 7 heteroatoms. The molecular weight excluding hydrogens is 406 g/mol. The van der Waals surface area contributed by atoms with Gasteiger partial charge in [-0.1, -0.05) is 60.7 Å². The first-order valence-corrected chi connectivity index (χ1v) is 11.4. The van der Waals surface area contributed by atoms with Crippen LogP contribution in [0.5, 0.6) is 0 Å². The number of esters is 1. The second kappa shape index (κ2) is 9.26. The Morgan fingerprint density at radius 2 is 1.55 bits per heavy atom. The highest BCUT2D eigenvalue weighted by Crippen LogP contribution is 2.33. The number of thioether (sulfide) groups is 1. The summed E-state index contributed by atoms with van der Waals surface area (Å²) in [5, 5.41) is 5.51. The summed E-state index contributed by atoms with van der Waals surface area (Å²) in [5.41, 5.74) is 2.77. The fourth-order valence-electron chi connectivity index (χ4n) is 2.95. The van der Waals surface area contributed by atoms with Gasteiger partial charge in [-0.3, -0.25) is 0 Å². The minimum absolute atomic E-state index is 0.0557. The van der Waals surface area contributed by atoms with Gasteiger partial charge >= 0.3 is 5.97 Å². The zero-order valence-electron chi connectivity index (χ0n) is 15.9. The molecule has 150 valence electrons. The molecule has 2 N–H and O–H groups in total. The van der Waals surface area contributed by atoms with E-state index in [-0.39, 0.29) is 10.5 Å². The Morgan fingerprint density at radius 1 is 0.966 bits per heavy atom. The van der Waals surface area contributed by atoms with E-state index in [0.717, 1.165) is 11.1 Å². The average molecular weight is 428 g/mol. The molecule has 0 aliphatic heterocycles. The van der Waals surface area contributed by atoms with Gasteiger partial charge in [-0.25, -0.2) is 18.4 Å². The molecule has 0 aliphatic rings. The summed E-state index contributed by atoms with van der Waals surface area (Å²) in [4.78, 5) is 12.8. The zero-order chi connectivity index (χ0) is 20.9. The minimum atomic E-state index is -4.04. The number of hydrogen-bond acceptors (Lipinski definition) is 5. The Labute approximate surface area is 175 Å². The summed E-state index contributed by atoms with van der Waals surface area (Å²) in [6.45, 7) is 0. The third kappa shape index (κ3) is 5.47. The van der Waals surface area contributed by atoms with Gasteiger partial charge in [0, 0.05) is 10.6 Å². The number of rotatable bonds is 7. The first-order valence-electron chi connectivity index (χ1n) is 8.87. The largest absolute Gasteiger partial charge is 0.465 e. The average Bonchev–Trinajstić information content (AvgIpc) is 2.73. The molecule has 0 saturated carbocycles. The van der Waals surface area contributed by atoms with E-state index >= 15 is 0 Å². The number of hydrogen-bond donors (Lipinski definition) is 1. The molecule has 0 spiro atoms. The Balaban J connectivity index is 2.11. The molecule has 3 aromatic rings. The number of nitrogens with two attached hydrogens (primary N) is 1. The van der Waals surface area contributed by atoms with Crippen LogP contribution in [0.3, 0.4) is 0 Å². The summed E-state index contributed by atoms with van der Waals surface area (Å²) in [6, 6.07) is 22.3. The van der Waals surface area contributed by atoms with Crippen molar-refractivity contribution >= 4 is 27.8 Å². The molecule has 0 aliphatic carbocycles. The third-order valence-electron chi connectivity index (χ3n) is 4.36. The number of methoxy groups -OCH3 is 1. The fourth-order valence-corrected chi connectivity index (χ4v) is 4.91. The van der Waals surface area contributed by atoms with E-state index in [0.29, 0.717) is 22.6 Å². The monoisotopic (exact) mass is 427 g/mol. The van der Waals surface area contributed by atoms with Crippen molar-refractivity contribution in [3.63, 3.8) is 0 Å². The van der Waals surface area contributed by atoms with Crippen molar-refractivity contribution in [1.82, 2.24) is 0 Å². The van der Waals surface area contributed by atoms with Crippen molar-refractivity contribution in [2.24, 2.45) is 5.14 Å². The van der Waals surface area contributed by atoms with Crippen molar-refractivity contribution in [2.45, 2.75) is 22.0 Å². The van der Waals surface area contributed by atoms with Crippen LogP contribution in [0.4, 0.5) is 0 Å². The van der Waals surface area contributed by atoms with E-state index in [1.54, 1.807) is 6.07 Å². The molecule has 3 aromatic carbocycles. The maximum Gasteiger partial charge on any atom is 0.337 e. The highest BCUT2D eigenvalue weighted by molar-refractivity contribution is 7.98. The first-order chi connectivity index (χ1) is 13.9. The van der Waals surface area contributed by atoms with Crippen LogP contribution in [-0.2, 0) is 26.9 Å². The number of benzene rings is 3. The normalized spacial score (nSPS) is 11.2. The van der Waals surface area contributed by atoms with Crippen LogP contribution in [0.25, 0.3) is 0 Å². The number of primary sulfonamides is 1. The van der Waals surface area contributed by atoms with E-state index in [1.165, 1.54) is 24.9 Å². The lowest BCUT2D eigenvalue weighted by atomic mass is 10.0. The van der Waals surface area contributed by atoms with Gasteiger partial charge < -0.3 is 4.74 Å². The van der Waals surface area contributed by atoms with Crippen molar-refractivity contribution < 1.29 is 17.9 Å². The number of carbonyl (C=O) groups excluding carboxylic acids is 1. The topological polar surface area (TPSA) is 86.5 Å². The molecular formula is C22H21NO4S2. The van der Waals surface area contributed by atoms with Crippen LogP contribution in [0.15, 0.2) is 82.6 Å². The van der Waals surface area contributed by atoms with E-state index in [4.69, 9.17) is 9.88 Å². The molecule has 0 saturated heterocycles. The van der Waals surface area contributed by atoms with Crippen LogP contribution in [0, 0.1) is 0 Å². The van der Waals surface area contributed by atoms with Gasteiger partial charge in [0.2, 0.25) is 10.0 Å². The highest BCUT2D eigenvalue weighted by Gasteiger charge is 2.22. The summed E-state index contributed by atoms with van der Waals surface area (Å²) < 4.78 is 29.5. The lowest BCUT2D eigenvalue weighted by molar-refractivity contribution is 0.0600. The number of sulfonamides is 1. The molecule has 0 unspecified atom stereocenters. The molecule has 0 amide bonds. The summed E-state index contributed by atoms with van der Waals surface area (Å²) >= 11 is 1.46. The Morgan fingerprint density at radius 3 is 2.10 bits per heavy atom. The number of ether oxygens (including phenoxy) is 1. The fraction of sp³-hybridized carbons (Fsp3) is 0.136. The summed E-state index contributed by atoms with van der Waals surface area (Å²) in [5.74, 6) is 0.0137. The van der Waals surface area contributed by atoms with Gasteiger partial charge in [0.1, 0.15) is 0 Å². The molecule has 5 nitrogen and oxygen atoms in total. The molecule has 0 fully saturated rings. The van der Waals surface area contributed by atoms with Crippen LogP contribution < -0.4 is 5.14 Å². The summed E-state index contributed by atoms with van der Waals surface area (Å²) in [6.07, 6.45) is 0.380. The SMILES string of the molecule is COC(=O)c1cc(SCc2ccccc2)c(Cc2ccccc2)c(S(N)(=O)=O)c1. The molecule has 0 bridgehead atoms. The Hall–Kier alpha value is -2.61. The van der Waals surface area contributed by atoms with Crippen molar-refractivity contribution in [1.29, 1.82) is 0 Å². The van der Waals surface area contributed by atoms with Crippen LogP contribution >= 0.6 is 11.8 Å². The maximum atomic E-state index is 12.3. The van der Waals surface area contributed by atoms with Gasteiger partial charge in [0.05, 0.1) is 17.6 Å². The second-order valence-electron chi connectivity index (χ2n) is 6.42. The minimum Gasteiger partial charge on any atom is -0.465 e. The molecule has 0 aromatic heterocycles. The van der Waals surface area contributed by atoms with Gasteiger partial charge in [-0.2, -0.15) is 0 Å². The highest BCUT2D eigenvalue weighted by atomic mass is 32.2. The van der Waals surface area contributed by atoms with E-state index in [9.17, 15) is 13.2 Å². The van der Waals surface area contributed by atoms with Gasteiger partial charge in [-0.05, 0) is 35.2 Å². The zero-order valence-corrected chi connectivity index (χ0v) is 17.5. The van der Waals surface area contributed by atoms with Gasteiger partial charge in [0.25, 0.3) is 0 Å². The quantitative estimate of drug-likeness (QED) is 0.455. The van der Waals surface area contributed by atoms with Gasteiger partial charge in [-0.15, -0.1) is 11.8 Å². The van der Waals surface area contributed by atoms with Crippen molar-refractivity contribution in [3.05, 3.63) is 95.1 Å². The molecule has 0 atom stereocenters. The Bertz CT molecular complexity index is 1100. The molecule has 3 rings (SSSR count). The molecule has 29 heavy (non-hydrogen) atoms. The lowest BCUT2D eigenvalue weighted by Crippen LogP contribution is -2.17. The van der Waals surface area contributed by atoms with Crippen molar-refractivity contribution in [3.8, 4) is 0 Å². The lowest BCUT2D eigenvalue weighted by Gasteiger charge is -2.16. The van der Waals surface area contributed by atoms with Crippen molar-refractivity contribution in [2.75, 3.05) is 7.11 Å². The molecule has 0 radical (unpaired) electrons. The predicted molar refractivity (Wildman–Crippen MR) is 114 cm³/mol.